The maximum Gasteiger partial charge on any atom is 0.460 e. The van der Waals surface area contributed by atoms with Gasteiger partial charge in [0.05, 0.1) is 90.0 Å². The molecule has 7 fully saturated rings. The van der Waals surface area contributed by atoms with Gasteiger partial charge in [0.25, 0.3) is 0 Å². The van der Waals surface area contributed by atoms with Crippen molar-refractivity contribution in [3.05, 3.63) is 25.3 Å². The van der Waals surface area contributed by atoms with Gasteiger partial charge >= 0.3 is 107 Å². The summed E-state index contributed by atoms with van der Waals surface area (Å²) in [6.45, 7) is 22.6. The molecule has 0 spiro atoms. The number of rotatable bonds is 42. The number of unbranched alkanes of at least 4 members (excludes halogenated alkanes) is 7. The Morgan fingerprint density at radius 3 is 0.853 bits per heavy atom. The van der Waals surface area contributed by atoms with Gasteiger partial charge in [-0.15, -0.1) is 13.2 Å². The van der Waals surface area contributed by atoms with E-state index < -0.39 is 145 Å². The molecule has 0 saturated carbocycles. The van der Waals surface area contributed by atoms with E-state index in [-0.39, 0.29) is 0 Å². The second-order valence-electron chi connectivity index (χ2n) is 25.5. The predicted molar refractivity (Wildman–Crippen MR) is 306 cm³/mol. The highest BCUT2D eigenvalue weighted by molar-refractivity contribution is 5.19. The molecule has 7 heterocycles. The van der Waals surface area contributed by atoms with Crippen LogP contribution in [0.25, 0.3) is 0 Å². The topological polar surface area (TPSA) is 106 Å². The van der Waals surface area contributed by atoms with Gasteiger partial charge in [-0.2, -0.15) is 167 Å². The summed E-state index contributed by atoms with van der Waals surface area (Å²) in [4.78, 5) is 0. The van der Waals surface area contributed by atoms with Crippen LogP contribution in [0.15, 0.2) is 25.3 Å². The molecular formula is C62H82F38O9. The monoisotopic (exact) mass is 1690 g/mol. The molecule has 0 aliphatic carbocycles. The molecule has 650 valence electrons. The number of allylic oxidation sites excluding steroid dienone is 1. The number of epoxide rings is 7. The molecule has 109 heavy (non-hydrogen) atoms. The first kappa shape index (κ1) is 103. The summed E-state index contributed by atoms with van der Waals surface area (Å²) in [5.74, 6) is -132. The quantitative estimate of drug-likeness (QED) is 0.0256. The van der Waals surface area contributed by atoms with Crippen molar-refractivity contribution in [3.8, 4) is 0 Å². The second kappa shape index (κ2) is 39.9. The normalized spacial score (nSPS) is 22.3. The molecular weight excluding hydrogens is 1610 g/mol. The lowest BCUT2D eigenvalue weighted by molar-refractivity contribution is -0.474. The van der Waals surface area contributed by atoms with Crippen LogP contribution >= 0.6 is 0 Å². The minimum absolute atomic E-state index is 0.420. The third-order valence-electron chi connectivity index (χ3n) is 16.1. The summed E-state index contributed by atoms with van der Waals surface area (Å²) in [6.07, 6.45) is 0.599. The third kappa shape index (κ3) is 26.5. The van der Waals surface area contributed by atoms with Crippen LogP contribution in [-0.4, -0.2) is 223 Å². The summed E-state index contributed by atoms with van der Waals surface area (Å²) in [6, 6.07) is 0. The van der Waals surface area contributed by atoms with Crippen molar-refractivity contribution < 1.29 is 209 Å². The Morgan fingerprint density at radius 2 is 0.606 bits per heavy atom. The van der Waals surface area contributed by atoms with Gasteiger partial charge in [-0.05, 0) is 44.4 Å². The molecule has 0 aromatic heterocycles. The Kier molecular flexibility index (Phi) is 37.8. The van der Waals surface area contributed by atoms with E-state index >= 15 is 0 Å². The molecule has 7 aliphatic rings. The highest BCUT2D eigenvalue weighted by Crippen LogP contribution is 2.68. The molecule has 0 aromatic rings. The van der Waals surface area contributed by atoms with E-state index in [0.717, 1.165) is 78.2 Å². The summed E-state index contributed by atoms with van der Waals surface area (Å²) >= 11 is 0. The summed E-state index contributed by atoms with van der Waals surface area (Å²) in [5.41, 5.74) is 0. The SMILES string of the molecule is C=CCC1CO1.C=CCCC1CO1.CCC1CO1.CCCCC(CC)COCC1CO1.CCCCCCCCCOCC1CO1.FC(F)(F)C(F)(F)C(F)(F)C(F)(F)C(F)(F)C(F)(F)C(F)(F)C(F)(F)C(F)(F)C(F)(F)CC1CO1.FC(F)(F)C(F)(F)C(F)(F)C(F)(F)C(F)(F)C(F)(F)C(F)(F)C(F)(F)CC1CO1. The Labute approximate surface area is 599 Å². The van der Waals surface area contributed by atoms with Crippen molar-refractivity contribution in [2.24, 2.45) is 5.92 Å². The maximum absolute atomic E-state index is 13.5. The molecule has 9 nitrogen and oxygen atoms in total. The zero-order valence-electron chi connectivity index (χ0n) is 58.0. The standard InChI is InChI=1S/C13H5F21O.C12H24O2.C11H5F17O.C11H22O2.C6H10O.C5H8O.C4H8O/c14-4(15,1-3-2-35-3)5(16,17)6(18,19)7(20,21)8(22,23)9(24,25)10(26,27)11(28,29)12(30,31)13(32,33)34;1-2-3-4-5-6-7-8-9-13-10-12-11-14-12;12-4(13,1-3-2-29-3)5(14,15)6(16,17)7(18,19)8(20,21)9(22,23)10(24,25)11(26,27)28;1-3-5-6-10(4-2)7-12-8-11-9-13-11;1-2-3-4-6-5-7-6;1-2-3-5-4-6-5;1-2-4-3-5-4/h3H,1-2H2;12H,2-11H2,1H3;3H,1-2H2;10-11H,3-9H2,1-2H3;2,6H,1,3-5H2;2,5H,1,3-4H2;4H,2-3H2,1H3. The van der Waals surface area contributed by atoms with E-state index in [9.17, 15) is 167 Å². The van der Waals surface area contributed by atoms with Crippen LogP contribution in [-0.2, 0) is 42.6 Å². The van der Waals surface area contributed by atoms with E-state index in [1.807, 2.05) is 12.2 Å². The van der Waals surface area contributed by atoms with Crippen LogP contribution in [0.4, 0.5) is 167 Å². The first-order valence-electron chi connectivity index (χ1n) is 33.1. The predicted octanol–water partition coefficient (Wildman–Crippen LogP) is 21.7. The molecule has 7 saturated heterocycles. The third-order valence-corrected chi connectivity index (χ3v) is 16.1. The number of hydrogen-bond donors (Lipinski definition) is 0. The summed E-state index contributed by atoms with van der Waals surface area (Å²) < 4.78 is 537. The fraction of sp³-hybridized carbons (Fsp3) is 0.935. The van der Waals surface area contributed by atoms with Gasteiger partial charge in [-0.1, -0.05) is 97.6 Å². The van der Waals surface area contributed by atoms with Crippen LogP contribution < -0.4 is 0 Å². The summed E-state index contributed by atoms with van der Waals surface area (Å²) in [5, 5.41) is 0. The van der Waals surface area contributed by atoms with E-state index in [4.69, 9.17) is 33.2 Å². The largest absolute Gasteiger partial charge is 0.460 e. The van der Waals surface area contributed by atoms with Crippen molar-refractivity contribution >= 4 is 0 Å². The minimum Gasteiger partial charge on any atom is -0.379 e. The van der Waals surface area contributed by atoms with Gasteiger partial charge in [0, 0.05) is 26.1 Å². The lowest BCUT2D eigenvalue weighted by Crippen LogP contribution is -2.76. The van der Waals surface area contributed by atoms with Crippen molar-refractivity contribution in [2.75, 3.05) is 72.7 Å². The van der Waals surface area contributed by atoms with Gasteiger partial charge < -0.3 is 42.6 Å². The lowest BCUT2D eigenvalue weighted by Gasteiger charge is -2.44. The van der Waals surface area contributed by atoms with Crippen molar-refractivity contribution in [1.29, 1.82) is 0 Å². The fourth-order valence-corrected chi connectivity index (χ4v) is 8.19. The molecule has 47 heteroatoms. The molecule has 0 radical (unpaired) electrons. The molecule has 0 bridgehead atoms. The van der Waals surface area contributed by atoms with Crippen LogP contribution in [0, 0.1) is 5.92 Å². The van der Waals surface area contributed by atoms with Gasteiger partial charge in [0.15, 0.2) is 0 Å². The van der Waals surface area contributed by atoms with Gasteiger partial charge in [0.1, 0.15) is 12.2 Å². The minimum atomic E-state index is -9.14. The molecule has 8 atom stereocenters. The first-order chi connectivity index (χ1) is 49.2. The number of ether oxygens (including phenoxy) is 9. The molecule has 7 aliphatic heterocycles. The zero-order valence-corrected chi connectivity index (χ0v) is 58.0. The second-order valence-corrected chi connectivity index (χ2v) is 25.5. The smallest absolute Gasteiger partial charge is 0.379 e. The highest BCUT2D eigenvalue weighted by atomic mass is 19.5. The number of hydrogen-bond acceptors (Lipinski definition) is 9. The van der Waals surface area contributed by atoms with Crippen LogP contribution in [0.3, 0.4) is 0 Å². The Morgan fingerprint density at radius 1 is 0.321 bits per heavy atom. The molecule has 0 amide bonds. The van der Waals surface area contributed by atoms with E-state index in [0.29, 0.717) is 30.5 Å². The number of halogens is 38. The van der Waals surface area contributed by atoms with Crippen molar-refractivity contribution in [1.82, 2.24) is 0 Å². The molecule has 0 N–H and O–H groups in total. The molecule has 8 unspecified atom stereocenters. The fourth-order valence-electron chi connectivity index (χ4n) is 8.19. The molecule has 0 aromatic carbocycles. The highest BCUT2D eigenvalue weighted by Gasteiger charge is 2.99. The van der Waals surface area contributed by atoms with Crippen molar-refractivity contribution in [3.63, 3.8) is 0 Å². The molecule has 7 rings (SSSR count). The van der Waals surface area contributed by atoms with E-state index in [2.05, 4.69) is 50.3 Å². The van der Waals surface area contributed by atoms with E-state index in [1.54, 1.807) is 0 Å². The average molecular weight is 1690 g/mol. The maximum atomic E-state index is 13.5. The first-order valence-corrected chi connectivity index (χ1v) is 33.1. The Hall–Kier alpha value is -3.54. The van der Waals surface area contributed by atoms with E-state index in [1.165, 1.54) is 83.5 Å². The Balaban J connectivity index is 0.000000705. The Bertz CT molecular complexity index is 2630. The van der Waals surface area contributed by atoms with Crippen molar-refractivity contribution in [2.45, 2.75) is 287 Å². The summed E-state index contributed by atoms with van der Waals surface area (Å²) in [7, 11) is 0. The number of alkyl halides is 38. The average Bonchev–Trinajstić information content (AvgIpc) is 0.957. The van der Waals surface area contributed by atoms with Gasteiger partial charge in [-0.3, -0.25) is 0 Å². The van der Waals surface area contributed by atoms with Crippen LogP contribution in [0.1, 0.15) is 137 Å². The lowest BCUT2D eigenvalue weighted by atomic mass is 9.85. The zero-order chi connectivity index (χ0) is 85.2. The van der Waals surface area contributed by atoms with Gasteiger partial charge in [-0.25, -0.2) is 0 Å². The van der Waals surface area contributed by atoms with Crippen LogP contribution in [0.2, 0.25) is 0 Å². The van der Waals surface area contributed by atoms with Crippen LogP contribution in [0.5, 0.6) is 0 Å². The van der Waals surface area contributed by atoms with Gasteiger partial charge in [0.2, 0.25) is 0 Å².